The van der Waals surface area contributed by atoms with Crippen molar-refractivity contribution < 1.29 is 0 Å². The second-order valence-electron chi connectivity index (χ2n) is 1.74. The summed E-state index contributed by atoms with van der Waals surface area (Å²) in [5, 5.41) is 1.34. The normalized spacial score (nSPS) is 10.1. The predicted octanol–water partition coefficient (Wildman–Crippen LogP) is -0.281. The molecule has 3 heteroatoms. The van der Waals surface area contributed by atoms with E-state index in [4.69, 9.17) is 0 Å². The van der Waals surface area contributed by atoms with Crippen molar-refractivity contribution in [1.29, 1.82) is 0 Å². The van der Waals surface area contributed by atoms with E-state index < -0.39 is 7.83 Å². The van der Waals surface area contributed by atoms with E-state index in [1.807, 2.05) is 18.2 Å². The lowest BCUT2D eigenvalue weighted by molar-refractivity contribution is 1.77. The van der Waals surface area contributed by atoms with Gasteiger partial charge in [0.2, 0.25) is 0 Å². The first-order valence-electron chi connectivity index (χ1n) is 2.66. The van der Waals surface area contributed by atoms with Crippen LogP contribution < -0.4 is 5.19 Å². The summed E-state index contributed by atoms with van der Waals surface area (Å²) in [5.41, 5.74) is 0. The van der Waals surface area contributed by atoms with Gasteiger partial charge < -0.3 is 0 Å². The van der Waals surface area contributed by atoms with E-state index in [-0.39, 0.29) is 0 Å². The van der Waals surface area contributed by atoms with Crippen LogP contribution in [0.15, 0.2) is 30.3 Å². The summed E-state index contributed by atoms with van der Waals surface area (Å²) in [6.07, 6.45) is 0. The molecule has 0 aromatic heterocycles. The Bertz CT molecular complexity index is 171. The molecule has 1 aromatic carbocycles. The summed E-state index contributed by atoms with van der Waals surface area (Å²) in [5.74, 6) is 0. The highest BCUT2D eigenvalue weighted by Gasteiger charge is 1.96. The monoisotopic (exact) mass is 161 g/mol. The summed E-state index contributed by atoms with van der Waals surface area (Å²) >= 11 is 0. The van der Waals surface area contributed by atoms with Crippen molar-refractivity contribution in [3.63, 3.8) is 0 Å². The van der Waals surface area contributed by atoms with Crippen LogP contribution in [0.1, 0.15) is 0 Å². The summed E-state index contributed by atoms with van der Waals surface area (Å²) < 4.78 is 0. The minimum absolute atomic E-state index is 0.601. The minimum atomic E-state index is -0.601. The van der Waals surface area contributed by atoms with Gasteiger partial charge in [-0.1, -0.05) is 35.5 Å². The van der Waals surface area contributed by atoms with E-state index in [1.165, 1.54) is 5.19 Å². The van der Waals surface area contributed by atoms with Crippen molar-refractivity contribution in [3.8, 4) is 0 Å². The van der Waals surface area contributed by atoms with Crippen molar-refractivity contribution in [1.82, 2.24) is 0 Å². The van der Waals surface area contributed by atoms with Gasteiger partial charge >= 0.3 is 0 Å². The van der Waals surface area contributed by atoms with Crippen LogP contribution in [-0.2, 0) is 0 Å². The third-order valence-corrected chi connectivity index (χ3v) is 3.71. The summed E-state index contributed by atoms with van der Waals surface area (Å²) in [6.45, 7) is 0. The summed E-state index contributed by atoms with van der Waals surface area (Å²) in [6, 6.07) is 10.3. The van der Waals surface area contributed by atoms with Gasteiger partial charge in [-0.15, -0.1) is 0 Å². The van der Waals surface area contributed by atoms with Gasteiger partial charge in [-0.25, -0.2) is 0 Å². The molecular weight excluding hydrogens is 156 g/mol. The molecule has 0 aliphatic carbocycles. The number of hydrogen-bond donors (Lipinski definition) is 0. The maximum Gasteiger partial charge on any atom is 0.0511 e. The average Bonchev–Trinajstić information content (AvgIpc) is 1.90. The highest BCUT2D eigenvalue weighted by molar-refractivity contribution is 7.35. The third-order valence-electron chi connectivity index (χ3n) is 1.06. The largest absolute Gasteiger partial charge is 0.0688 e. The molecule has 7 radical (unpaired) electrons. The Kier molecular flexibility index (Phi) is 2.44. The fourth-order valence-corrected chi connectivity index (χ4v) is 2.13. The fourth-order valence-electron chi connectivity index (χ4n) is 0.605. The molecule has 0 N–H and O–H groups in total. The van der Waals surface area contributed by atoms with Crippen LogP contribution in [0.25, 0.3) is 0 Å². The van der Waals surface area contributed by atoms with Gasteiger partial charge in [0.15, 0.2) is 0 Å². The zero-order valence-electron chi connectivity index (χ0n) is 4.89. The van der Waals surface area contributed by atoms with Gasteiger partial charge in [-0.05, 0) is 0 Å². The highest BCUT2D eigenvalue weighted by atomic mass is 29.5. The lowest BCUT2D eigenvalue weighted by Crippen LogP contribution is -2.30. The van der Waals surface area contributed by atoms with Gasteiger partial charge in [0.25, 0.3) is 0 Å². The molecule has 0 amide bonds. The first-order valence-corrected chi connectivity index (χ1v) is 7.16. The Labute approximate surface area is 63.3 Å². The molecule has 0 nitrogen and oxygen atoms in total. The van der Waals surface area contributed by atoms with Gasteiger partial charge in [0, 0.05) is 19.5 Å². The molecule has 0 atom stereocenters. The first kappa shape index (κ1) is 6.98. The Morgan fingerprint density at radius 1 is 1.00 bits per heavy atom. The molecule has 0 aliphatic heterocycles. The standard InChI is InChI=1S/C6H5Si3/c7-9(8)6-4-2-1-3-5-6/h1-5H. The fraction of sp³-hybridized carbons (Fsp3) is 0. The molecule has 1 aromatic rings. The third kappa shape index (κ3) is 1.93. The van der Waals surface area contributed by atoms with Crippen molar-refractivity contribution in [3.05, 3.63) is 30.3 Å². The Hall–Kier alpha value is -0.129. The Morgan fingerprint density at radius 2 is 1.56 bits per heavy atom. The van der Waals surface area contributed by atoms with E-state index in [2.05, 4.69) is 31.7 Å². The maximum absolute atomic E-state index is 3.55. The predicted molar refractivity (Wildman–Crippen MR) is 43.3 cm³/mol. The molecule has 0 aliphatic rings. The van der Waals surface area contributed by atoms with Crippen LogP contribution in [-0.4, -0.2) is 27.4 Å². The second-order valence-corrected chi connectivity index (χ2v) is 7.57. The van der Waals surface area contributed by atoms with Crippen molar-refractivity contribution in [2.24, 2.45) is 0 Å². The molecule has 0 saturated carbocycles. The smallest absolute Gasteiger partial charge is 0.0511 e. The van der Waals surface area contributed by atoms with E-state index in [9.17, 15) is 0 Å². The molecule has 0 fully saturated rings. The number of benzene rings is 1. The maximum atomic E-state index is 3.55. The van der Waals surface area contributed by atoms with Crippen LogP contribution in [0.3, 0.4) is 0 Å². The Morgan fingerprint density at radius 3 is 1.89 bits per heavy atom. The van der Waals surface area contributed by atoms with E-state index in [0.29, 0.717) is 0 Å². The van der Waals surface area contributed by atoms with E-state index >= 15 is 0 Å². The zero-order chi connectivity index (χ0) is 6.69. The molecular formula is C6H5Si3. The molecule has 41 valence electrons. The van der Waals surface area contributed by atoms with Crippen LogP contribution in [0.4, 0.5) is 0 Å². The lowest BCUT2D eigenvalue weighted by atomic mass is 10.4. The van der Waals surface area contributed by atoms with Gasteiger partial charge in [-0.2, -0.15) is 0 Å². The average molecular weight is 161 g/mol. The van der Waals surface area contributed by atoms with Crippen molar-refractivity contribution in [2.75, 3.05) is 0 Å². The lowest BCUT2D eigenvalue weighted by Gasteiger charge is -1.99. The van der Waals surface area contributed by atoms with Crippen LogP contribution >= 0.6 is 0 Å². The van der Waals surface area contributed by atoms with Crippen LogP contribution in [0, 0.1) is 0 Å². The van der Waals surface area contributed by atoms with E-state index in [1.54, 1.807) is 0 Å². The minimum Gasteiger partial charge on any atom is -0.0688 e. The molecule has 0 saturated heterocycles. The molecule has 0 spiro atoms. The van der Waals surface area contributed by atoms with Gasteiger partial charge in [-0.3, -0.25) is 0 Å². The van der Waals surface area contributed by atoms with Gasteiger partial charge in [0.05, 0.1) is 7.83 Å². The van der Waals surface area contributed by atoms with Crippen LogP contribution in [0.2, 0.25) is 0 Å². The molecule has 1 rings (SSSR count). The van der Waals surface area contributed by atoms with Gasteiger partial charge in [0.1, 0.15) is 0 Å². The second kappa shape index (κ2) is 3.14. The first-order chi connectivity index (χ1) is 4.30. The van der Waals surface area contributed by atoms with Crippen LogP contribution in [0.5, 0.6) is 0 Å². The molecule has 0 unspecified atom stereocenters. The van der Waals surface area contributed by atoms with Crippen molar-refractivity contribution >= 4 is 32.5 Å². The zero-order valence-corrected chi connectivity index (χ0v) is 7.89. The molecule has 0 bridgehead atoms. The topological polar surface area (TPSA) is 0 Å². The number of rotatable bonds is 1. The summed E-state index contributed by atoms with van der Waals surface area (Å²) in [4.78, 5) is 0. The summed E-state index contributed by atoms with van der Waals surface area (Å²) in [7, 11) is 6.49. The van der Waals surface area contributed by atoms with E-state index in [0.717, 1.165) is 0 Å². The molecule has 0 heterocycles. The molecule has 9 heavy (non-hydrogen) atoms. The quantitative estimate of drug-likeness (QED) is 0.497. The Balaban J connectivity index is 2.85. The highest BCUT2D eigenvalue weighted by Crippen LogP contribution is 1.81. The number of hydrogen-bond acceptors (Lipinski definition) is 0. The van der Waals surface area contributed by atoms with Crippen molar-refractivity contribution in [2.45, 2.75) is 0 Å². The SMILES string of the molecule is [Si][Si]([Si])c1ccccc1.